The largest absolute Gasteiger partial charge is 0.497 e. The second kappa shape index (κ2) is 8.35. The first-order valence-corrected chi connectivity index (χ1v) is 11.2. The molecule has 0 radical (unpaired) electrons. The molecule has 0 saturated carbocycles. The number of methoxy groups -OCH3 is 1. The SMILES string of the molecule is CCCCS(=O)(=O)c1cc2c(cc1NC(=O)c1ccc(OC)cc1)n(C)c(=O)n2C. The van der Waals surface area contributed by atoms with Gasteiger partial charge in [0.1, 0.15) is 5.75 Å². The molecule has 1 N–H and O–H groups in total. The number of aromatic nitrogens is 2. The summed E-state index contributed by atoms with van der Waals surface area (Å²) in [5.41, 5.74) is 1.25. The number of imidazole rings is 1. The predicted octanol–water partition coefficient (Wildman–Crippen LogP) is 2.71. The molecular weight excluding hydrogens is 406 g/mol. The van der Waals surface area contributed by atoms with Gasteiger partial charge in [-0.1, -0.05) is 13.3 Å². The van der Waals surface area contributed by atoms with Crippen LogP contribution in [-0.2, 0) is 23.9 Å². The third-order valence-electron chi connectivity index (χ3n) is 5.08. The molecule has 1 amide bonds. The van der Waals surface area contributed by atoms with Gasteiger partial charge >= 0.3 is 5.69 Å². The van der Waals surface area contributed by atoms with Crippen LogP contribution in [-0.4, -0.2) is 36.3 Å². The zero-order valence-corrected chi connectivity index (χ0v) is 18.2. The number of rotatable bonds is 7. The average molecular weight is 432 g/mol. The number of benzene rings is 2. The third-order valence-corrected chi connectivity index (χ3v) is 6.91. The molecule has 0 aliphatic carbocycles. The molecule has 0 aliphatic heterocycles. The van der Waals surface area contributed by atoms with Gasteiger partial charge in [0.2, 0.25) is 0 Å². The van der Waals surface area contributed by atoms with Gasteiger partial charge in [-0.25, -0.2) is 13.2 Å². The number of nitrogens with zero attached hydrogens (tertiary/aromatic N) is 2. The first-order chi connectivity index (χ1) is 14.2. The Hall–Kier alpha value is -3.07. The predicted molar refractivity (Wildman–Crippen MR) is 116 cm³/mol. The smallest absolute Gasteiger partial charge is 0.328 e. The number of carbonyl (C=O) groups is 1. The summed E-state index contributed by atoms with van der Waals surface area (Å²) < 4.78 is 33.9. The summed E-state index contributed by atoms with van der Waals surface area (Å²) in [4.78, 5) is 25.1. The van der Waals surface area contributed by atoms with Crippen molar-refractivity contribution < 1.29 is 17.9 Å². The van der Waals surface area contributed by atoms with Crippen LogP contribution >= 0.6 is 0 Å². The van der Waals surface area contributed by atoms with Crippen molar-refractivity contribution in [3.8, 4) is 5.75 Å². The average Bonchev–Trinajstić information content (AvgIpc) is 2.95. The van der Waals surface area contributed by atoms with Crippen LogP contribution in [0.15, 0.2) is 46.1 Å². The number of anilines is 1. The van der Waals surface area contributed by atoms with Crippen molar-refractivity contribution in [2.24, 2.45) is 14.1 Å². The minimum Gasteiger partial charge on any atom is -0.497 e. The summed E-state index contributed by atoms with van der Waals surface area (Å²) >= 11 is 0. The van der Waals surface area contributed by atoms with Gasteiger partial charge in [-0.3, -0.25) is 13.9 Å². The molecule has 3 aromatic rings. The van der Waals surface area contributed by atoms with Crippen LogP contribution in [0.25, 0.3) is 11.0 Å². The number of amides is 1. The third kappa shape index (κ3) is 3.97. The molecule has 0 unspecified atom stereocenters. The molecule has 0 aliphatic rings. The molecule has 160 valence electrons. The number of ether oxygens (including phenoxy) is 1. The maximum Gasteiger partial charge on any atom is 0.328 e. The Morgan fingerprint density at radius 1 is 1.07 bits per heavy atom. The van der Waals surface area contributed by atoms with Gasteiger partial charge < -0.3 is 10.1 Å². The van der Waals surface area contributed by atoms with Crippen LogP contribution in [0.4, 0.5) is 5.69 Å². The first kappa shape index (κ1) is 21.6. The van der Waals surface area contributed by atoms with Crippen molar-refractivity contribution in [1.82, 2.24) is 9.13 Å². The Labute approximate surface area is 175 Å². The lowest BCUT2D eigenvalue weighted by atomic mass is 10.2. The van der Waals surface area contributed by atoms with E-state index in [1.165, 1.54) is 28.4 Å². The normalized spacial score (nSPS) is 11.6. The second-order valence-electron chi connectivity index (χ2n) is 7.09. The first-order valence-electron chi connectivity index (χ1n) is 9.57. The van der Waals surface area contributed by atoms with Crippen molar-refractivity contribution in [3.63, 3.8) is 0 Å². The quantitative estimate of drug-likeness (QED) is 0.620. The van der Waals surface area contributed by atoms with Crippen LogP contribution in [0.3, 0.4) is 0 Å². The highest BCUT2D eigenvalue weighted by Crippen LogP contribution is 2.29. The Balaban J connectivity index is 2.12. The molecule has 0 atom stereocenters. The van der Waals surface area contributed by atoms with E-state index in [1.54, 1.807) is 38.4 Å². The van der Waals surface area contributed by atoms with Crippen molar-refractivity contribution in [2.75, 3.05) is 18.2 Å². The molecule has 3 rings (SSSR count). The Bertz CT molecular complexity index is 1250. The highest BCUT2D eigenvalue weighted by molar-refractivity contribution is 7.91. The number of aryl methyl sites for hydroxylation is 2. The molecule has 0 fully saturated rings. The Morgan fingerprint density at radius 3 is 2.23 bits per heavy atom. The van der Waals surface area contributed by atoms with E-state index in [0.717, 1.165) is 6.42 Å². The molecule has 0 saturated heterocycles. The van der Waals surface area contributed by atoms with E-state index in [1.807, 2.05) is 6.92 Å². The molecule has 9 heteroatoms. The number of sulfone groups is 1. The fraction of sp³-hybridized carbons (Fsp3) is 0.333. The molecule has 30 heavy (non-hydrogen) atoms. The maximum absolute atomic E-state index is 13.0. The van der Waals surface area contributed by atoms with Crippen molar-refractivity contribution in [2.45, 2.75) is 24.7 Å². The van der Waals surface area contributed by atoms with Gasteiger partial charge in [0.25, 0.3) is 5.91 Å². The molecule has 1 heterocycles. The zero-order chi connectivity index (χ0) is 22.1. The molecular formula is C21H25N3O5S. The highest BCUT2D eigenvalue weighted by atomic mass is 32.2. The van der Waals surface area contributed by atoms with Crippen LogP contribution < -0.4 is 15.7 Å². The molecule has 0 spiro atoms. The van der Waals surface area contributed by atoms with Crippen molar-refractivity contribution in [3.05, 3.63) is 52.4 Å². The zero-order valence-electron chi connectivity index (χ0n) is 17.4. The maximum atomic E-state index is 13.0. The van der Waals surface area contributed by atoms with Crippen LogP contribution in [0.2, 0.25) is 0 Å². The number of carbonyl (C=O) groups excluding carboxylic acids is 1. The fourth-order valence-corrected chi connectivity index (χ4v) is 4.89. The number of nitrogens with one attached hydrogen (secondary N) is 1. The standard InChI is InChI=1S/C21H25N3O5S/c1-5-6-11-30(27,28)19-13-18-17(23(2)21(26)24(18)3)12-16(19)22-20(25)14-7-9-15(29-4)10-8-14/h7-10,12-13H,5-6,11H2,1-4H3,(H,22,25). The monoisotopic (exact) mass is 431 g/mol. The van der Waals surface area contributed by atoms with E-state index < -0.39 is 15.7 Å². The van der Waals surface area contributed by atoms with E-state index in [2.05, 4.69) is 5.32 Å². The molecule has 2 aromatic carbocycles. The topological polar surface area (TPSA) is 99.4 Å². The molecule has 1 aromatic heterocycles. The van der Waals surface area contributed by atoms with Crippen LogP contribution in [0.5, 0.6) is 5.75 Å². The van der Waals surface area contributed by atoms with Gasteiger partial charge in [-0.15, -0.1) is 0 Å². The van der Waals surface area contributed by atoms with Gasteiger partial charge in [-0.05, 0) is 42.8 Å². The fourth-order valence-electron chi connectivity index (χ4n) is 3.26. The van der Waals surface area contributed by atoms with Crippen LogP contribution in [0, 0.1) is 0 Å². The Morgan fingerprint density at radius 2 is 1.67 bits per heavy atom. The van der Waals surface area contributed by atoms with E-state index in [0.29, 0.717) is 28.8 Å². The summed E-state index contributed by atoms with van der Waals surface area (Å²) in [5, 5.41) is 2.71. The number of fused-ring (bicyclic) bond motifs is 1. The summed E-state index contributed by atoms with van der Waals surface area (Å²) in [6, 6.07) is 9.49. The summed E-state index contributed by atoms with van der Waals surface area (Å²) in [5.74, 6) is 0.112. The van der Waals surface area contributed by atoms with Gasteiger partial charge in [0.05, 0.1) is 34.5 Å². The lowest BCUT2D eigenvalue weighted by Crippen LogP contribution is -2.19. The van der Waals surface area contributed by atoms with E-state index in [-0.39, 0.29) is 22.0 Å². The van der Waals surface area contributed by atoms with Crippen molar-refractivity contribution >= 4 is 32.5 Å². The van der Waals surface area contributed by atoms with E-state index in [4.69, 9.17) is 4.74 Å². The van der Waals surface area contributed by atoms with E-state index >= 15 is 0 Å². The van der Waals surface area contributed by atoms with Gasteiger partial charge in [0.15, 0.2) is 9.84 Å². The number of hydrogen-bond donors (Lipinski definition) is 1. The van der Waals surface area contributed by atoms with Gasteiger partial charge in [-0.2, -0.15) is 0 Å². The van der Waals surface area contributed by atoms with E-state index in [9.17, 15) is 18.0 Å². The Kier molecular flexibility index (Phi) is 6.02. The minimum absolute atomic E-state index is 0.00603. The number of unbranched alkanes of at least 4 members (excludes halogenated alkanes) is 1. The summed E-state index contributed by atoms with van der Waals surface area (Å²) in [6.45, 7) is 1.91. The lowest BCUT2D eigenvalue weighted by molar-refractivity contribution is 0.102. The summed E-state index contributed by atoms with van der Waals surface area (Å²) in [6.07, 6.45) is 1.22. The van der Waals surface area contributed by atoms with Gasteiger partial charge in [0, 0.05) is 19.7 Å². The molecule has 8 nitrogen and oxygen atoms in total. The lowest BCUT2D eigenvalue weighted by Gasteiger charge is -2.13. The van der Waals surface area contributed by atoms with Crippen LogP contribution in [0.1, 0.15) is 30.1 Å². The van der Waals surface area contributed by atoms with Crippen molar-refractivity contribution in [1.29, 1.82) is 0 Å². The second-order valence-corrected chi connectivity index (χ2v) is 9.17. The number of hydrogen-bond acceptors (Lipinski definition) is 5. The summed E-state index contributed by atoms with van der Waals surface area (Å²) in [7, 11) is 1.06. The highest BCUT2D eigenvalue weighted by Gasteiger charge is 2.23. The minimum atomic E-state index is -3.66. The molecule has 0 bridgehead atoms.